The molecule has 0 bridgehead atoms. The van der Waals surface area contributed by atoms with E-state index in [1.165, 1.54) is 77.0 Å². The van der Waals surface area contributed by atoms with Crippen molar-refractivity contribution in [1.29, 1.82) is 0 Å². The molecule has 0 aromatic heterocycles. The van der Waals surface area contributed by atoms with Crippen molar-refractivity contribution in [3.05, 3.63) is 0 Å². The van der Waals surface area contributed by atoms with Gasteiger partial charge in [-0.05, 0) is 0 Å². The summed E-state index contributed by atoms with van der Waals surface area (Å²) in [6, 6.07) is 0. The molecule has 0 radical (unpaired) electrons. The summed E-state index contributed by atoms with van der Waals surface area (Å²) in [6.45, 7) is 2.29. The number of hydrogen-bond acceptors (Lipinski definition) is 0. The zero-order valence-corrected chi connectivity index (χ0v) is 16.9. The van der Waals surface area contributed by atoms with Gasteiger partial charge in [-0.15, -0.1) is 0 Å². The molecule has 0 saturated heterocycles. The number of hydrogen-bond donors (Lipinski definition) is 0. The van der Waals surface area contributed by atoms with E-state index in [1.807, 2.05) is 0 Å². The van der Waals surface area contributed by atoms with Crippen LogP contribution < -0.4 is 0 Å². The van der Waals surface area contributed by atoms with E-state index in [9.17, 15) is 0 Å². The van der Waals surface area contributed by atoms with Gasteiger partial charge in [-0.3, -0.25) is 0 Å². The summed E-state index contributed by atoms with van der Waals surface area (Å²) < 4.78 is 1.58. The van der Waals surface area contributed by atoms with Crippen LogP contribution in [-0.4, -0.2) is 23.0 Å². The van der Waals surface area contributed by atoms with E-state index in [-0.39, 0.29) is 0 Å². The average molecular weight is 323 g/mol. The first-order valence-electron chi connectivity index (χ1n) is 7.41. The fraction of sp³-hybridized carbons (Fsp3) is 1.00. The third-order valence-corrected chi connectivity index (χ3v) is 5.23. The SMILES string of the molecule is CCCCCCCCCCCCC[CH2][SbH4]. The first-order valence-corrected chi connectivity index (χ1v) is 11.5. The van der Waals surface area contributed by atoms with Gasteiger partial charge in [0.2, 0.25) is 0 Å². The van der Waals surface area contributed by atoms with Crippen LogP contribution in [0.25, 0.3) is 0 Å². The van der Waals surface area contributed by atoms with E-state index < -0.39 is 0 Å². The van der Waals surface area contributed by atoms with Gasteiger partial charge in [0.25, 0.3) is 0 Å². The summed E-state index contributed by atoms with van der Waals surface area (Å²) in [6.07, 6.45) is 17.8. The van der Waals surface area contributed by atoms with Gasteiger partial charge in [0.15, 0.2) is 0 Å². The molecule has 0 amide bonds. The molecule has 0 aliphatic carbocycles. The van der Waals surface area contributed by atoms with E-state index >= 15 is 0 Å². The van der Waals surface area contributed by atoms with Crippen molar-refractivity contribution in [2.45, 2.75) is 88.3 Å². The fourth-order valence-corrected chi connectivity index (χ4v) is 3.52. The van der Waals surface area contributed by atoms with E-state index in [4.69, 9.17) is 0 Å². The molecule has 0 N–H and O–H groups in total. The van der Waals surface area contributed by atoms with Gasteiger partial charge in [0, 0.05) is 0 Å². The van der Waals surface area contributed by atoms with Crippen molar-refractivity contribution in [3.63, 3.8) is 0 Å². The topological polar surface area (TPSA) is 0 Å². The fourth-order valence-electron chi connectivity index (χ4n) is 2.09. The second-order valence-electron chi connectivity index (χ2n) is 4.89. The summed E-state index contributed by atoms with van der Waals surface area (Å²) in [5.41, 5.74) is 0. The Labute approximate surface area is 111 Å². The van der Waals surface area contributed by atoms with Gasteiger partial charge < -0.3 is 0 Å². The molecular formula is C14H33Sb. The average Bonchev–Trinajstić information content (AvgIpc) is 2.26. The van der Waals surface area contributed by atoms with Crippen LogP contribution in [0.3, 0.4) is 0 Å². The molecule has 0 fully saturated rings. The summed E-state index contributed by atoms with van der Waals surface area (Å²) in [5, 5.41) is 0. The molecule has 0 spiro atoms. The standard InChI is InChI=1S/C14H29.Sb.4H/c1-3-5-7-9-11-13-14-12-10-8-6-4-2;;;;;/h1,3-14H2,2H3;;;;;. The van der Waals surface area contributed by atoms with Gasteiger partial charge in [-0.2, -0.15) is 0 Å². The maximum atomic E-state index is 2.29. The first kappa shape index (κ1) is 15.8. The minimum atomic E-state index is 0.960. The van der Waals surface area contributed by atoms with Gasteiger partial charge in [0.05, 0.1) is 0 Å². The third-order valence-electron chi connectivity index (χ3n) is 3.21. The second-order valence-corrected chi connectivity index (χ2v) is 7.74. The Bertz CT molecular complexity index is 89.5. The molecule has 94 valence electrons. The summed E-state index contributed by atoms with van der Waals surface area (Å²) in [7, 11) is 0. The Kier molecular flexibility index (Phi) is 15.6. The van der Waals surface area contributed by atoms with E-state index in [0.29, 0.717) is 0 Å². The van der Waals surface area contributed by atoms with Crippen molar-refractivity contribution in [2.75, 3.05) is 0 Å². The summed E-state index contributed by atoms with van der Waals surface area (Å²) in [4.78, 5) is 0. The Balaban J connectivity index is 2.81. The van der Waals surface area contributed by atoms with Gasteiger partial charge in [-0.1, -0.05) is 13.3 Å². The molecule has 0 nitrogen and oxygen atoms in total. The Hall–Kier alpha value is 0.818. The molecule has 0 aromatic carbocycles. The Morgan fingerprint density at radius 3 is 1.20 bits per heavy atom. The van der Waals surface area contributed by atoms with Crippen molar-refractivity contribution in [1.82, 2.24) is 0 Å². The van der Waals surface area contributed by atoms with Gasteiger partial charge in [0.1, 0.15) is 0 Å². The van der Waals surface area contributed by atoms with E-state index in [1.54, 1.807) is 4.37 Å². The predicted molar refractivity (Wildman–Crippen MR) is 77.2 cm³/mol. The molecule has 15 heavy (non-hydrogen) atoms. The van der Waals surface area contributed by atoms with E-state index in [0.717, 1.165) is 23.0 Å². The van der Waals surface area contributed by atoms with Crippen LogP contribution >= 0.6 is 0 Å². The molecule has 1 heteroatoms. The number of unbranched alkanes of at least 4 members (excludes halogenated alkanes) is 11. The molecule has 0 saturated carbocycles. The third kappa shape index (κ3) is 14.8. The van der Waals surface area contributed by atoms with Crippen LogP contribution in [0.1, 0.15) is 84.0 Å². The van der Waals surface area contributed by atoms with Crippen molar-refractivity contribution >= 4 is 23.0 Å². The number of rotatable bonds is 12. The molecule has 0 rings (SSSR count). The molecule has 0 heterocycles. The molecule has 0 aliphatic heterocycles. The molecule has 0 aromatic rings. The maximum absolute atomic E-state index is 2.29. The van der Waals surface area contributed by atoms with Crippen molar-refractivity contribution < 1.29 is 0 Å². The summed E-state index contributed by atoms with van der Waals surface area (Å²) >= 11 is 0.960. The van der Waals surface area contributed by atoms with Crippen molar-refractivity contribution in [2.24, 2.45) is 0 Å². The van der Waals surface area contributed by atoms with Gasteiger partial charge >= 0.3 is 98.0 Å². The minimum absolute atomic E-state index is 0.960. The van der Waals surface area contributed by atoms with Gasteiger partial charge in [-0.25, -0.2) is 0 Å². The zero-order valence-electron chi connectivity index (χ0n) is 11.2. The van der Waals surface area contributed by atoms with Crippen LogP contribution in [0.2, 0.25) is 4.37 Å². The Morgan fingerprint density at radius 2 is 0.867 bits per heavy atom. The van der Waals surface area contributed by atoms with E-state index in [2.05, 4.69) is 6.92 Å². The van der Waals surface area contributed by atoms with Crippen LogP contribution in [0, 0.1) is 0 Å². The van der Waals surface area contributed by atoms with Crippen molar-refractivity contribution in [3.8, 4) is 0 Å². The quantitative estimate of drug-likeness (QED) is 0.373. The van der Waals surface area contributed by atoms with Crippen LogP contribution in [-0.2, 0) is 0 Å². The summed E-state index contributed by atoms with van der Waals surface area (Å²) in [5.74, 6) is 0. The molecule has 0 unspecified atom stereocenters. The van der Waals surface area contributed by atoms with Crippen LogP contribution in [0.5, 0.6) is 0 Å². The predicted octanol–water partition coefficient (Wildman–Crippen LogP) is 4.20. The molecular weight excluding hydrogens is 290 g/mol. The molecule has 0 aliphatic rings. The second kappa shape index (κ2) is 14.8. The normalized spacial score (nSPS) is 10.9. The van der Waals surface area contributed by atoms with Crippen LogP contribution in [0.15, 0.2) is 0 Å². The monoisotopic (exact) mass is 322 g/mol. The zero-order chi connectivity index (χ0) is 11.2. The molecule has 0 atom stereocenters. The van der Waals surface area contributed by atoms with Crippen LogP contribution in [0.4, 0.5) is 0 Å². The first-order chi connectivity index (χ1) is 7.41. The Morgan fingerprint density at radius 1 is 0.533 bits per heavy atom.